The highest BCUT2D eigenvalue weighted by atomic mass is 32.2. The highest BCUT2D eigenvalue weighted by Gasteiger charge is 2.33. The molecule has 2 aromatic heterocycles. The Hall–Kier alpha value is -3.51. The molecule has 2 unspecified atom stereocenters. The number of hydrogen-bond donors (Lipinski definition) is 2. The van der Waals surface area contributed by atoms with Crippen LogP contribution in [0.3, 0.4) is 0 Å². The minimum absolute atomic E-state index is 0.0210. The summed E-state index contributed by atoms with van der Waals surface area (Å²) in [6.07, 6.45) is 2.08. The Morgan fingerprint density at radius 2 is 1.92 bits per heavy atom. The molecule has 1 saturated heterocycles. The van der Waals surface area contributed by atoms with Crippen LogP contribution in [0, 0.1) is 19.3 Å². The number of anilines is 1. The average molecular weight is 557 g/mol. The molecular weight excluding hydrogens is 520 g/mol. The number of rotatable bonds is 8. The summed E-state index contributed by atoms with van der Waals surface area (Å²) in [6.45, 7) is 10.6. The number of aliphatic hydroxyl groups is 1. The summed E-state index contributed by atoms with van der Waals surface area (Å²) in [5.41, 5.74) is 3.10. The van der Waals surface area contributed by atoms with Crippen molar-refractivity contribution in [1.29, 1.82) is 0 Å². The number of hydrogen-bond acceptors (Lipinski definition) is 8. The molecule has 1 aromatic carbocycles. The van der Waals surface area contributed by atoms with Crippen LogP contribution in [0.4, 0.5) is 5.95 Å². The van der Waals surface area contributed by atoms with Gasteiger partial charge in [-0.15, -0.1) is 0 Å². The van der Waals surface area contributed by atoms with Crippen molar-refractivity contribution >= 4 is 21.9 Å². The van der Waals surface area contributed by atoms with E-state index in [1.807, 2.05) is 52.8 Å². The largest absolute Gasteiger partial charge is 0.472 e. The van der Waals surface area contributed by atoms with Crippen molar-refractivity contribution in [3.63, 3.8) is 0 Å². The summed E-state index contributed by atoms with van der Waals surface area (Å²) in [6, 6.07) is 7.52. The van der Waals surface area contributed by atoms with Crippen molar-refractivity contribution in [3.05, 3.63) is 47.8 Å². The SMILES string of the molecule is Cc1cccc(C)c1-c1cc(OC2CCN(C(=O)C(O)CC(C)(C)C)C2)nc(NS(=O)(=O)c2cnn(C)c2)n1. The molecule has 2 atom stereocenters. The maximum absolute atomic E-state index is 13.0. The highest BCUT2D eigenvalue weighted by Crippen LogP contribution is 2.30. The lowest BCUT2D eigenvalue weighted by Gasteiger charge is -2.25. The van der Waals surface area contributed by atoms with Crippen LogP contribution in [0.15, 0.2) is 41.6 Å². The standard InChI is InChI=1S/C27H36N6O5S/c1-17-8-7-9-18(2)24(17)21-12-23(30-26(29-21)31-39(36,37)20-14-28-32(6)16-20)38-19-10-11-33(15-19)25(35)22(34)13-27(3,4)5/h7-9,12,14,16,19,22,34H,10-11,13,15H2,1-6H3,(H,29,30,31). The quantitative estimate of drug-likeness (QED) is 0.432. The summed E-state index contributed by atoms with van der Waals surface area (Å²) >= 11 is 0. The zero-order valence-electron chi connectivity index (χ0n) is 23.2. The lowest BCUT2D eigenvalue weighted by atomic mass is 9.89. The lowest BCUT2D eigenvalue weighted by molar-refractivity contribution is -0.140. The molecule has 1 fully saturated rings. The van der Waals surface area contributed by atoms with Gasteiger partial charge in [-0.1, -0.05) is 39.0 Å². The van der Waals surface area contributed by atoms with Gasteiger partial charge in [-0.05, 0) is 36.8 Å². The predicted molar refractivity (Wildman–Crippen MR) is 147 cm³/mol. The molecule has 2 N–H and O–H groups in total. The maximum Gasteiger partial charge on any atom is 0.267 e. The summed E-state index contributed by atoms with van der Waals surface area (Å²) in [5, 5.41) is 14.4. The molecule has 0 bridgehead atoms. The number of aromatic nitrogens is 4. The third kappa shape index (κ3) is 6.93. The van der Waals surface area contributed by atoms with E-state index in [1.165, 1.54) is 17.1 Å². The van der Waals surface area contributed by atoms with E-state index in [0.717, 1.165) is 16.7 Å². The zero-order chi connectivity index (χ0) is 28.5. The molecule has 0 radical (unpaired) electrons. The van der Waals surface area contributed by atoms with E-state index < -0.39 is 16.1 Å². The van der Waals surface area contributed by atoms with Gasteiger partial charge in [0.2, 0.25) is 11.8 Å². The Balaban J connectivity index is 1.60. The Kier molecular flexibility index (Phi) is 7.99. The van der Waals surface area contributed by atoms with Gasteiger partial charge < -0.3 is 14.7 Å². The van der Waals surface area contributed by atoms with E-state index in [9.17, 15) is 18.3 Å². The second-order valence-corrected chi connectivity index (χ2v) is 12.9. The predicted octanol–water partition coefficient (Wildman–Crippen LogP) is 3.07. The van der Waals surface area contributed by atoms with Crippen LogP contribution >= 0.6 is 0 Å². The van der Waals surface area contributed by atoms with Gasteiger partial charge in [0.1, 0.15) is 17.1 Å². The molecule has 12 heteroatoms. The van der Waals surface area contributed by atoms with Crippen LogP contribution in [-0.2, 0) is 21.9 Å². The number of ether oxygens (including phenoxy) is 1. The first kappa shape index (κ1) is 28.5. The van der Waals surface area contributed by atoms with Crippen molar-refractivity contribution in [2.75, 3.05) is 17.8 Å². The number of aliphatic hydroxyl groups excluding tert-OH is 1. The molecule has 4 rings (SSSR count). The van der Waals surface area contributed by atoms with Gasteiger partial charge in [-0.2, -0.15) is 10.1 Å². The molecule has 39 heavy (non-hydrogen) atoms. The number of nitrogens with zero attached hydrogens (tertiary/aromatic N) is 5. The van der Waals surface area contributed by atoms with E-state index in [4.69, 9.17) is 4.74 Å². The Morgan fingerprint density at radius 3 is 2.54 bits per heavy atom. The first-order valence-corrected chi connectivity index (χ1v) is 14.3. The van der Waals surface area contributed by atoms with Crippen LogP contribution in [0.1, 0.15) is 44.7 Å². The van der Waals surface area contributed by atoms with Crippen molar-refractivity contribution in [1.82, 2.24) is 24.6 Å². The average Bonchev–Trinajstić information content (AvgIpc) is 3.46. The fraction of sp³-hybridized carbons (Fsp3) is 0.481. The number of sulfonamides is 1. The Labute approximate surface area is 229 Å². The summed E-state index contributed by atoms with van der Waals surface area (Å²) in [5.74, 6) is -0.276. The van der Waals surface area contributed by atoms with Gasteiger partial charge in [-0.25, -0.2) is 18.1 Å². The lowest BCUT2D eigenvalue weighted by Crippen LogP contribution is -2.40. The van der Waals surface area contributed by atoms with Gasteiger partial charge in [-0.3, -0.25) is 9.48 Å². The molecular formula is C27H36N6O5S. The molecule has 11 nitrogen and oxygen atoms in total. The van der Waals surface area contributed by atoms with E-state index in [1.54, 1.807) is 18.0 Å². The number of benzene rings is 1. The number of amides is 1. The number of carbonyl (C=O) groups excluding carboxylic acids is 1. The van der Waals surface area contributed by atoms with Gasteiger partial charge in [0.15, 0.2) is 0 Å². The number of likely N-dealkylation sites (tertiary alicyclic amines) is 1. The van der Waals surface area contributed by atoms with Gasteiger partial charge in [0, 0.05) is 37.8 Å². The molecule has 1 aliphatic rings. The second kappa shape index (κ2) is 10.9. The molecule has 1 amide bonds. The van der Waals surface area contributed by atoms with Gasteiger partial charge in [0.05, 0.1) is 18.4 Å². The molecule has 210 valence electrons. The van der Waals surface area contributed by atoms with Crippen LogP contribution in [0.25, 0.3) is 11.3 Å². The minimum Gasteiger partial charge on any atom is -0.472 e. The normalized spacial score (nSPS) is 16.8. The summed E-state index contributed by atoms with van der Waals surface area (Å²) < 4.78 is 36.0. The van der Waals surface area contributed by atoms with E-state index in [0.29, 0.717) is 31.6 Å². The van der Waals surface area contributed by atoms with Crippen molar-refractivity contribution in [3.8, 4) is 17.1 Å². The fourth-order valence-corrected chi connectivity index (χ4v) is 5.59. The highest BCUT2D eigenvalue weighted by molar-refractivity contribution is 7.92. The smallest absolute Gasteiger partial charge is 0.267 e. The van der Waals surface area contributed by atoms with Crippen LogP contribution in [0.2, 0.25) is 0 Å². The van der Waals surface area contributed by atoms with E-state index in [2.05, 4.69) is 19.8 Å². The molecule has 3 aromatic rings. The first-order chi connectivity index (χ1) is 18.2. The zero-order valence-corrected chi connectivity index (χ0v) is 24.0. The molecule has 0 spiro atoms. The molecule has 0 aliphatic carbocycles. The summed E-state index contributed by atoms with van der Waals surface area (Å²) in [7, 11) is -2.37. The van der Waals surface area contributed by atoms with Gasteiger partial charge >= 0.3 is 0 Å². The number of aryl methyl sites for hydroxylation is 3. The third-order valence-electron chi connectivity index (χ3n) is 6.49. The van der Waals surface area contributed by atoms with E-state index >= 15 is 0 Å². The maximum atomic E-state index is 13.0. The summed E-state index contributed by atoms with van der Waals surface area (Å²) in [4.78, 5) is 23.2. The third-order valence-corrected chi connectivity index (χ3v) is 7.77. The number of nitrogens with one attached hydrogen (secondary N) is 1. The molecule has 0 saturated carbocycles. The number of carbonyl (C=O) groups is 1. The first-order valence-electron chi connectivity index (χ1n) is 12.8. The van der Waals surface area contributed by atoms with Gasteiger partial charge in [0.25, 0.3) is 15.9 Å². The monoisotopic (exact) mass is 556 g/mol. The Bertz CT molecular complexity index is 1440. The van der Waals surface area contributed by atoms with Crippen LogP contribution in [0.5, 0.6) is 5.88 Å². The minimum atomic E-state index is -3.99. The fourth-order valence-electron chi connectivity index (χ4n) is 4.67. The Morgan fingerprint density at radius 1 is 1.23 bits per heavy atom. The van der Waals surface area contributed by atoms with Crippen molar-refractivity contribution < 1.29 is 23.1 Å². The van der Waals surface area contributed by atoms with Crippen LogP contribution < -0.4 is 9.46 Å². The second-order valence-electron chi connectivity index (χ2n) is 11.2. The molecule has 3 heterocycles. The van der Waals surface area contributed by atoms with Crippen molar-refractivity contribution in [2.24, 2.45) is 12.5 Å². The molecule has 1 aliphatic heterocycles. The van der Waals surface area contributed by atoms with E-state index in [-0.39, 0.29) is 34.1 Å². The van der Waals surface area contributed by atoms with Crippen molar-refractivity contribution in [2.45, 2.75) is 64.6 Å². The topological polar surface area (TPSA) is 140 Å². The van der Waals surface area contributed by atoms with Crippen LogP contribution in [-0.4, -0.2) is 69.4 Å².